The number of nitrogens with one attached hydrogen (secondary N) is 1. The summed E-state index contributed by atoms with van der Waals surface area (Å²) in [7, 11) is -4.13. The number of nitrogen functional groups attached to an aromatic ring is 1. The summed E-state index contributed by atoms with van der Waals surface area (Å²) in [6.07, 6.45) is 0. The Kier molecular flexibility index (Phi) is 4.78. The van der Waals surface area contributed by atoms with Gasteiger partial charge in [-0.05, 0) is 41.9 Å². The smallest absolute Gasteiger partial charge is 0.243 e. The summed E-state index contributed by atoms with van der Waals surface area (Å²) < 4.78 is 40.1. The van der Waals surface area contributed by atoms with Gasteiger partial charge in [0.15, 0.2) is 0 Å². The Bertz CT molecular complexity index is 647. The van der Waals surface area contributed by atoms with Crippen molar-refractivity contribution in [2.24, 2.45) is 11.1 Å². The number of anilines is 1. The molecule has 0 heterocycles. The number of hydrogen-bond donors (Lipinski definition) is 3. The van der Waals surface area contributed by atoms with Gasteiger partial charge >= 0.3 is 0 Å². The molecule has 0 aromatic heterocycles. The van der Waals surface area contributed by atoms with Gasteiger partial charge in [-0.3, -0.25) is 4.79 Å². The highest BCUT2D eigenvalue weighted by Gasteiger charge is 2.29. The lowest BCUT2D eigenvalue weighted by atomic mass is 9.93. The van der Waals surface area contributed by atoms with Crippen LogP contribution in [0.4, 0.5) is 10.1 Å². The van der Waals surface area contributed by atoms with E-state index >= 15 is 0 Å². The van der Waals surface area contributed by atoms with Crippen LogP contribution < -0.4 is 16.2 Å². The van der Waals surface area contributed by atoms with Crippen LogP contribution in [0.5, 0.6) is 0 Å². The largest absolute Gasteiger partial charge is 0.398 e. The molecule has 1 aromatic carbocycles. The summed E-state index contributed by atoms with van der Waals surface area (Å²) in [5.74, 6) is -1.62. The number of carbonyl (C=O) groups is 1. The highest BCUT2D eigenvalue weighted by Crippen LogP contribution is 2.26. The van der Waals surface area contributed by atoms with Crippen molar-refractivity contribution >= 4 is 37.5 Å². The minimum Gasteiger partial charge on any atom is -0.398 e. The zero-order chi connectivity index (χ0) is 15.7. The predicted octanol–water partition coefficient (Wildman–Crippen LogP) is 0.960. The summed E-state index contributed by atoms with van der Waals surface area (Å²) in [5, 5.41) is 0. The molecule has 0 fully saturated rings. The zero-order valence-electron chi connectivity index (χ0n) is 10.9. The number of primary amides is 1. The highest BCUT2D eigenvalue weighted by atomic mass is 79.9. The molecule has 0 spiro atoms. The van der Waals surface area contributed by atoms with Crippen molar-refractivity contribution in [2.75, 3.05) is 12.3 Å². The Morgan fingerprint density at radius 3 is 2.50 bits per heavy atom. The Hall–Kier alpha value is -1.19. The molecule has 0 saturated heterocycles. The third-order valence-corrected chi connectivity index (χ3v) is 4.81. The summed E-state index contributed by atoms with van der Waals surface area (Å²) in [4.78, 5) is 10.5. The van der Waals surface area contributed by atoms with E-state index in [-0.39, 0.29) is 16.7 Å². The molecule has 1 amide bonds. The van der Waals surface area contributed by atoms with Crippen LogP contribution in [0.3, 0.4) is 0 Å². The van der Waals surface area contributed by atoms with Crippen molar-refractivity contribution in [1.82, 2.24) is 4.72 Å². The van der Waals surface area contributed by atoms with Gasteiger partial charge in [-0.25, -0.2) is 17.5 Å². The van der Waals surface area contributed by atoms with Gasteiger partial charge < -0.3 is 11.5 Å². The molecular weight excluding hydrogens is 353 g/mol. The zero-order valence-corrected chi connectivity index (χ0v) is 13.3. The van der Waals surface area contributed by atoms with Gasteiger partial charge in [-0.2, -0.15) is 0 Å². The van der Waals surface area contributed by atoms with Crippen LogP contribution in [-0.4, -0.2) is 20.9 Å². The Balaban J connectivity index is 3.07. The molecule has 5 N–H and O–H groups in total. The fourth-order valence-electron chi connectivity index (χ4n) is 1.19. The van der Waals surface area contributed by atoms with E-state index in [0.29, 0.717) is 0 Å². The van der Waals surface area contributed by atoms with Gasteiger partial charge in [0.25, 0.3) is 0 Å². The number of hydrogen-bond acceptors (Lipinski definition) is 4. The van der Waals surface area contributed by atoms with Crippen molar-refractivity contribution in [3.63, 3.8) is 0 Å². The van der Waals surface area contributed by atoms with Crippen LogP contribution in [0.25, 0.3) is 0 Å². The van der Waals surface area contributed by atoms with Gasteiger partial charge in [0, 0.05) is 16.7 Å². The lowest BCUT2D eigenvalue weighted by Crippen LogP contribution is -2.42. The number of rotatable bonds is 5. The maximum atomic E-state index is 13.7. The molecule has 0 radical (unpaired) electrons. The first-order valence-electron chi connectivity index (χ1n) is 5.51. The third kappa shape index (κ3) is 3.68. The Morgan fingerprint density at radius 1 is 1.45 bits per heavy atom. The number of halogens is 2. The second-order valence-corrected chi connectivity index (χ2v) is 7.47. The lowest BCUT2D eigenvalue weighted by Gasteiger charge is -2.20. The summed E-state index contributed by atoms with van der Waals surface area (Å²) in [6, 6.07) is 1.96. The van der Waals surface area contributed by atoms with Crippen LogP contribution >= 0.6 is 15.9 Å². The van der Waals surface area contributed by atoms with Crippen molar-refractivity contribution in [2.45, 2.75) is 18.7 Å². The molecule has 20 heavy (non-hydrogen) atoms. The standard InChI is InChI=1S/C11H15BrFN3O3S/c1-11(2,10(15)17)5-16-20(18,19)9-4-8(14)6(12)3-7(9)13/h3-4,16H,5,14H2,1-2H3,(H2,15,17). The summed E-state index contributed by atoms with van der Waals surface area (Å²) in [5.41, 5.74) is 9.67. The molecule has 0 saturated carbocycles. The molecule has 6 nitrogen and oxygen atoms in total. The SMILES string of the molecule is CC(C)(CNS(=O)(=O)c1cc(N)c(Br)cc1F)C(N)=O. The number of nitrogens with two attached hydrogens (primary N) is 2. The van der Waals surface area contributed by atoms with Crippen molar-refractivity contribution in [3.05, 3.63) is 22.4 Å². The molecule has 1 aromatic rings. The second kappa shape index (κ2) is 5.66. The lowest BCUT2D eigenvalue weighted by molar-refractivity contribution is -0.125. The van der Waals surface area contributed by atoms with Crippen LogP contribution in [-0.2, 0) is 14.8 Å². The second-order valence-electron chi connectivity index (χ2n) is 4.88. The maximum Gasteiger partial charge on any atom is 0.243 e. The average Bonchev–Trinajstić information content (AvgIpc) is 2.31. The van der Waals surface area contributed by atoms with Gasteiger partial charge in [-0.15, -0.1) is 0 Å². The van der Waals surface area contributed by atoms with Crippen molar-refractivity contribution in [1.29, 1.82) is 0 Å². The van der Waals surface area contributed by atoms with Crippen LogP contribution in [0.15, 0.2) is 21.5 Å². The van der Waals surface area contributed by atoms with E-state index in [2.05, 4.69) is 20.7 Å². The number of amides is 1. The van der Waals surface area contributed by atoms with Crippen molar-refractivity contribution < 1.29 is 17.6 Å². The molecule has 112 valence electrons. The van der Waals surface area contributed by atoms with E-state index in [1.54, 1.807) is 0 Å². The summed E-state index contributed by atoms with van der Waals surface area (Å²) in [6.45, 7) is 2.70. The summed E-state index contributed by atoms with van der Waals surface area (Å²) >= 11 is 3.00. The Labute approximate surface area is 124 Å². The van der Waals surface area contributed by atoms with Crippen LogP contribution in [0.2, 0.25) is 0 Å². The minimum absolute atomic E-state index is 0.0842. The molecule has 0 aliphatic carbocycles. The Morgan fingerprint density at radius 2 is 2.00 bits per heavy atom. The normalized spacial score (nSPS) is 12.4. The molecule has 0 atom stereocenters. The first kappa shape index (κ1) is 16.9. The molecule has 0 unspecified atom stereocenters. The van der Waals surface area contributed by atoms with E-state index < -0.39 is 32.1 Å². The first-order valence-corrected chi connectivity index (χ1v) is 7.79. The molecule has 0 bridgehead atoms. The topological polar surface area (TPSA) is 115 Å². The van der Waals surface area contributed by atoms with Gasteiger partial charge in [0.05, 0.1) is 5.41 Å². The fourth-order valence-corrected chi connectivity index (χ4v) is 2.81. The average molecular weight is 368 g/mol. The van der Waals surface area contributed by atoms with Gasteiger partial charge in [0.1, 0.15) is 10.7 Å². The molecule has 0 aliphatic rings. The molecule has 0 aliphatic heterocycles. The quantitative estimate of drug-likeness (QED) is 0.672. The predicted molar refractivity (Wildman–Crippen MR) is 76.7 cm³/mol. The maximum absolute atomic E-state index is 13.7. The van der Waals surface area contributed by atoms with Crippen molar-refractivity contribution in [3.8, 4) is 0 Å². The minimum atomic E-state index is -4.13. The highest BCUT2D eigenvalue weighted by molar-refractivity contribution is 9.10. The van der Waals surface area contributed by atoms with Gasteiger partial charge in [-0.1, -0.05) is 0 Å². The molecule has 9 heteroatoms. The molecular formula is C11H15BrFN3O3S. The van der Waals surface area contributed by atoms with E-state index in [4.69, 9.17) is 11.5 Å². The molecule has 1 rings (SSSR count). The van der Waals surface area contributed by atoms with E-state index in [1.165, 1.54) is 13.8 Å². The van der Waals surface area contributed by atoms with Gasteiger partial charge in [0.2, 0.25) is 15.9 Å². The third-order valence-electron chi connectivity index (χ3n) is 2.71. The fraction of sp³-hybridized carbons (Fsp3) is 0.364. The van der Waals surface area contributed by atoms with E-state index in [9.17, 15) is 17.6 Å². The number of benzene rings is 1. The van der Waals surface area contributed by atoms with Crippen LogP contribution in [0.1, 0.15) is 13.8 Å². The number of sulfonamides is 1. The monoisotopic (exact) mass is 367 g/mol. The van der Waals surface area contributed by atoms with E-state index in [1.807, 2.05) is 0 Å². The first-order chi connectivity index (χ1) is 8.97. The number of carbonyl (C=O) groups excluding carboxylic acids is 1. The van der Waals surface area contributed by atoms with Crippen LogP contribution in [0, 0.1) is 11.2 Å². The van der Waals surface area contributed by atoms with E-state index in [0.717, 1.165) is 12.1 Å².